The number of hydrogen-bond acceptors (Lipinski definition) is 4. The molecule has 0 spiro atoms. The van der Waals surface area contributed by atoms with Crippen LogP contribution in [0.2, 0.25) is 0 Å². The van der Waals surface area contributed by atoms with E-state index in [-0.39, 0.29) is 17.1 Å². The van der Waals surface area contributed by atoms with E-state index in [4.69, 9.17) is 9.47 Å². The van der Waals surface area contributed by atoms with Crippen molar-refractivity contribution >= 4 is 5.78 Å². The molecule has 0 aromatic heterocycles. The van der Waals surface area contributed by atoms with Crippen molar-refractivity contribution in [2.24, 2.45) is 0 Å². The van der Waals surface area contributed by atoms with Gasteiger partial charge in [-0.2, -0.15) is 0 Å². The second kappa shape index (κ2) is 6.10. The number of methoxy groups -OCH3 is 2. The Morgan fingerprint density at radius 3 is 2.00 bits per heavy atom. The van der Waals surface area contributed by atoms with E-state index in [1.807, 2.05) is 38.1 Å². The molecule has 0 aliphatic rings. The van der Waals surface area contributed by atoms with Crippen LogP contribution < -0.4 is 9.47 Å². The number of phenols is 1. The number of aromatic hydroxyl groups is 1. The van der Waals surface area contributed by atoms with Crippen LogP contribution in [0.3, 0.4) is 0 Å². The summed E-state index contributed by atoms with van der Waals surface area (Å²) in [6.07, 6.45) is 0. The van der Waals surface area contributed by atoms with Gasteiger partial charge in [-0.3, -0.25) is 4.79 Å². The molecular formula is C18H20O4. The minimum atomic E-state index is -0.766. The zero-order valence-corrected chi connectivity index (χ0v) is 13.2. The summed E-state index contributed by atoms with van der Waals surface area (Å²) in [5, 5.41) is 10.1. The van der Waals surface area contributed by atoms with Crippen molar-refractivity contribution in [2.45, 2.75) is 19.3 Å². The highest BCUT2D eigenvalue weighted by molar-refractivity contribution is 6.05. The van der Waals surface area contributed by atoms with E-state index in [0.29, 0.717) is 5.75 Å². The van der Waals surface area contributed by atoms with Crippen molar-refractivity contribution in [1.82, 2.24) is 0 Å². The molecule has 0 heterocycles. The molecule has 0 radical (unpaired) electrons. The smallest absolute Gasteiger partial charge is 0.176 e. The van der Waals surface area contributed by atoms with Crippen LogP contribution in [-0.2, 0) is 5.41 Å². The van der Waals surface area contributed by atoms with Gasteiger partial charge in [-0.25, -0.2) is 0 Å². The molecule has 0 saturated carbocycles. The van der Waals surface area contributed by atoms with Gasteiger partial charge in [0.2, 0.25) is 0 Å². The molecule has 0 atom stereocenters. The summed E-state index contributed by atoms with van der Waals surface area (Å²) in [7, 11) is 3.11. The van der Waals surface area contributed by atoms with Gasteiger partial charge in [0.1, 0.15) is 17.2 Å². The zero-order valence-electron chi connectivity index (χ0n) is 13.2. The predicted octanol–water partition coefficient (Wildman–Crippen LogP) is 3.57. The van der Waals surface area contributed by atoms with Crippen molar-refractivity contribution in [3.8, 4) is 17.2 Å². The van der Waals surface area contributed by atoms with Crippen molar-refractivity contribution in [3.63, 3.8) is 0 Å². The Labute approximate surface area is 130 Å². The van der Waals surface area contributed by atoms with Gasteiger partial charge in [0.25, 0.3) is 0 Å². The molecule has 0 amide bonds. The van der Waals surface area contributed by atoms with Crippen molar-refractivity contribution in [2.75, 3.05) is 14.2 Å². The van der Waals surface area contributed by atoms with Gasteiger partial charge in [-0.1, -0.05) is 12.1 Å². The van der Waals surface area contributed by atoms with E-state index in [9.17, 15) is 9.90 Å². The standard InChI is InChI=1S/C18H20O4/c1-18(2,12-5-7-13(21-3)8-6-12)17(20)15-10-9-14(22-4)11-16(15)19/h5-11,19H,1-4H3. The normalized spacial score (nSPS) is 11.1. The Morgan fingerprint density at radius 2 is 1.50 bits per heavy atom. The SMILES string of the molecule is COc1ccc(C(C)(C)C(=O)c2ccc(OC)cc2O)cc1. The number of ether oxygens (including phenoxy) is 2. The fourth-order valence-electron chi connectivity index (χ4n) is 2.31. The molecule has 0 aliphatic carbocycles. The Morgan fingerprint density at radius 1 is 0.955 bits per heavy atom. The molecule has 4 heteroatoms. The van der Waals surface area contributed by atoms with E-state index < -0.39 is 5.41 Å². The van der Waals surface area contributed by atoms with Crippen LogP contribution in [0.5, 0.6) is 17.2 Å². The van der Waals surface area contributed by atoms with Gasteiger partial charge in [-0.15, -0.1) is 0 Å². The summed E-state index contributed by atoms with van der Waals surface area (Å²) < 4.78 is 10.2. The van der Waals surface area contributed by atoms with Crippen LogP contribution in [0, 0.1) is 0 Å². The Hall–Kier alpha value is -2.49. The number of hydrogen-bond donors (Lipinski definition) is 1. The summed E-state index contributed by atoms with van der Waals surface area (Å²) in [5.74, 6) is 1.01. The minimum absolute atomic E-state index is 0.0778. The number of phenolic OH excluding ortho intramolecular Hbond substituents is 1. The zero-order chi connectivity index (χ0) is 16.3. The van der Waals surface area contributed by atoms with Crippen molar-refractivity contribution < 1.29 is 19.4 Å². The maximum absolute atomic E-state index is 12.8. The molecule has 22 heavy (non-hydrogen) atoms. The molecule has 0 bridgehead atoms. The van der Waals surface area contributed by atoms with Crippen LogP contribution in [0.4, 0.5) is 0 Å². The highest BCUT2D eigenvalue weighted by atomic mass is 16.5. The first kappa shape index (κ1) is 15.9. The van der Waals surface area contributed by atoms with Gasteiger partial charge in [0.05, 0.1) is 25.2 Å². The molecule has 2 rings (SSSR count). The minimum Gasteiger partial charge on any atom is -0.507 e. The Bertz CT molecular complexity index is 672. The first-order chi connectivity index (χ1) is 10.4. The number of carbonyl (C=O) groups excluding carboxylic acids is 1. The molecule has 1 N–H and O–H groups in total. The third-order valence-corrected chi connectivity index (χ3v) is 3.83. The summed E-state index contributed by atoms with van der Waals surface area (Å²) >= 11 is 0. The molecule has 0 saturated heterocycles. The monoisotopic (exact) mass is 300 g/mol. The van der Waals surface area contributed by atoms with E-state index in [0.717, 1.165) is 11.3 Å². The lowest BCUT2D eigenvalue weighted by Gasteiger charge is -2.24. The highest BCUT2D eigenvalue weighted by Gasteiger charge is 2.32. The molecule has 0 unspecified atom stereocenters. The lowest BCUT2D eigenvalue weighted by Crippen LogP contribution is -2.29. The topological polar surface area (TPSA) is 55.8 Å². The van der Waals surface area contributed by atoms with Crippen LogP contribution in [-0.4, -0.2) is 25.1 Å². The van der Waals surface area contributed by atoms with Gasteiger partial charge in [0, 0.05) is 6.07 Å². The summed E-state index contributed by atoms with van der Waals surface area (Å²) in [6.45, 7) is 3.67. The summed E-state index contributed by atoms with van der Waals surface area (Å²) in [6, 6.07) is 12.0. The number of rotatable bonds is 5. The second-order valence-electron chi connectivity index (χ2n) is 5.57. The lowest BCUT2D eigenvalue weighted by atomic mass is 9.78. The molecular weight excluding hydrogens is 280 g/mol. The summed E-state index contributed by atoms with van der Waals surface area (Å²) in [4.78, 5) is 12.8. The van der Waals surface area contributed by atoms with Crippen LogP contribution in [0.1, 0.15) is 29.8 Å². The van der Waals surface area contributed by atoms with Crippen LogP contribution >= 0.6 is 0 Å². The van der Waals surface area contributed by atoms with Crippen LogP contribution in [0.25, 0.3) is 0 Å². The maximum atomic E-state index is 12.8. The average Bonchev–Trinajstić information content (AvgIpc) is 2.54. The molecule has 2 aromatic rings. The fraction of sp³-hybridized carbons (Fsp3) is 0.278. The summed E-state index contributed by atoms with van der Waals surface area (Å²) in [5.41, 5.74) is 0.369. The molecule has 4 nitrogen and oxygen atoms in total. The van der Waals surface area contributed by atoms with Gasteiger partial charge >= 0.3 is 0 Å². The lowest BCUT2D eigenvalue weighted by molar-refractivity contribution is 0.0906. The molecule has 0 fully saturated rings. The average molecular weight is 300 g/mol. The quantitative estimate of drug-likeness (QED) is 0.858. The van der Waals surface area contributed by atoms with E-state index >= 15 is 0 Å². The number of benzene rings is 2. The number of carbonyl (C=O) groups is 1. The van der Waals surface area contributed by atoms with Gasteiger partial charge in [-0.05, 0) is 43.7 Å². The number of Topliss-reactive ketones (excluding diaryl/α,β-unsaturated/α-hetero) is 1. The van der Waals surface area contributed by atoms with E-state index in [1.165, 1.54) is 13.2 Å². The predicted molar refractivity (Wildman–Crippen MR) is 85.0 cm³/mol. The van der Waals surface area contributed by atoms with Crippen molar-refractivity contribution in [3.05, 3.63) is 53.6 Å². The van der Waals surface area contributed by atoms with Crippen molar-refractivity contribution in [1.29, 1.82) is 0 Å². The highest BCUT2D eigenvalue weighted by Crippen LogP contribution is 2.33. The van der Waals surface area contributed by atoms with Crippen LogP contribution in [0.15, 0.2) is 42.5 Å². The van der Waals surface area contributed by atoms with E-state index in [1.54, 1.807) is 19.2 Å². The Balaban J connectivity index is 2.37. The third kappa shape index (κ3) is 2.91. The second-order valence-corrected chi connectivity index (χ2v) is 5.57. The fourth-order valence-corrected chi connectivity index (χ4v) is 2.31. The molecule has 2 aromatic carbocycles. The maximum Gasteiger partial charge on any atom is 0.176 e. The third-order valence-electron chi connectivity index (χ3n) is 3.83. The van der Waals surface area contributed by atoms with Gasteiger partial charge in [0.15, 0.2) is 5.78 Å². The van der Waals surface area contributed by atoms with Gasteiger partial charge < -0.3 is 14.6 Å². The Kier molecular flexibility index (Phi) is 4.40. The largest absolute Gasteiger partial charge is 0.507 e. The first-order valence-corrected chi connectivity index (χ1v) is 6.96. The van der Waals surface area contributed by atoms with E-state index in [2.05, 4.69) is 0 Å². The number of ketones is 1. The molecule has 116 valence electrons. The first-order valence-electron chi connectivity index (χ1n) is 6.96. The molecule has 0 aliphatic heterocycles.